The summed E-state index contributed by atoms with van der Waals surface area (Å²) >= 11 is 0.901. The number of Topliss-reactive ketones (excluding diaryl/α,β-unsaturated/α-hetero) is 1. The van der Waals surface area contributed by atoms with Gasteiger partial charge in [-0.1, -0.05) is 48.3 Å². The van der Waals surface area contributed by atoms with Crippen LogP contribution in [0.1, 0.15) is 39.5 Å². The maximum atomic E-state index is 13.3. The molecule has 3 aromatic rings. The number of anilines is 1. The Morgan fingerprint density at radius 1 is 1.22 bits per heavy atom. The number of carbonyl (C=O) groups excluding carboxylic acids is 3. The van der Waals surface area contributed by atoms with E-state index in [1.807, 2.05) is 6.92 Å². The van der Waals surface area contributed by atoms with E-state index in [0.717, 1.165) is 16.2 Å². The number of aromatic hydroxyl groups is 1. The number of phenols is 1. The lowest BCUT2D eigenvalue weighted by Crippen LogP contribution is -2.29. The largest absolute Gasteiger partial charge is 0.508 e. The lowest BCUT2D eigenvalue weighted by atomic mass is 9.95. The van der Waals surface area contributed by atoms with E-state index in [0.29, 0.717) is 23.6 Å². The molecule has 1 aromatic heterocycles. The lowest BCUT2D eigenvalue weighted by molar-refractivity contribution is -0.132. The topological polar surface area (TPSA) is 126 Å². The van der Waals surface area contributed by atoms with E-state index in [-0.39, 0.29) is 39.3 Å². The van der Waals surface area contributed by atoms with Crippen molar-refractivity contribution in [3.05, 3.63) is 88.5 Å². The Bertz CT molecular complexity index is 1410. The number of thiazole rings is 1. The Kier molecular flexibility index (Phi) is 7.40. The van der Waals surface area contributed by atoms with Crippen molar-refractivity contribution in [2.75, 3.05) is 18.1 Å². The molecule has 1 aliphatic rings. The first-order valence-corrected chi connectivity index (χ1v) is 12.2. The number of ketones is 1. The molecule has 0 saturated carbocycles. The van der Waals surface area contributed by atoms with Crippen LogP contribution in [0.5, 0.6) is 11.5 Å². The number of rotatable bonds is 8. The third-order valence-electron chi connectivity index (χ3n) is 5.58. The molecule has 2 aromatic carbocycles. The predicted octanol–water partition coefficient (Wildman–Crippen LogP) is 4.52. The minimum absolute atomic E-state index is 0.00430. The highest BCUT2D eigenvalue weighted by Crippen LogP contribution is 2.44. The number of aliphatic hydroxyl groups is 1. The number of amides is 1. The van der Waals surface area contributed by atoms with Gasteiger partial charge in [0.2, 0.25) is 0 Å². The van der Waals surface area contributed by atoms with Crippen LogP contribution in [0.2, 0.25) is 0 Å². The van der Waals surface area contributed by atoms with E-state index in [1.165, 1.54) is 18.2 Å². The summed E-state index contributed by atoms with van der Waals surface area (Å²) in [5, 5.41) is 21.2. The SMILES string of the molecule is C=CCOC(=O)c1sc(N2C(=O)C(=O)/C(=C(/O)c3cccc(OCC)c3)C2c2ccc(O)cc2)nc1C. The number of benzene rings is 2. The number of hydrogen-bond donors (Lipinski definition) is 2. The van der Waals surface area contributed by atoms with Crippen LogP contribution in [0.25, 0.3) is 5.76 Å². The van der Waals surface area contributed by atoms with E-state index in [2.05, 4.69) is 11.6 Å². The summed E-state index contributed by atoms with van der Waals surface area (Å²) in [5.41, 5.74) is 0.901. The van der Waals surface area contributed by atoms with Crippen molar-refractivity contribution in [3.63, 3.8) is 0 Å². The summed E-state index contributed by atoms with van der Waals surface area (Å²) < 4.78 is 10.6. The number of phenolic OH excluding ortho intramolecular Hbond substituents is 1. The summed E-state index contributed by atoms with van der Waals surface area (Å²) in [6.07, 6.45) is 1.43. The number of nitrogens with zero attached hydrogens (tertiary/aromatic N) is 2. The van der Waals surface area contributed by atoms with Gasteiger partial charge in [-0.2, -0.15) is 0 Å². The highest BCUT2D eigenvalue weighted by atomic mass is 32.1. The van der Waals surface area contributed by atoms with Crippen LogP contribution in [0.3, 0.4) is 0 Å². The molecule has 190 valence electrons. The predicted molar refractivity (Wildman–Crippen MR) is 138 cm³/mol. The van der Waals surface area contributed by atoms with Crippen LogP contribution in [-0.4, -0.2) is 46.1 Å². The third kappa shape index (κ3) is 4.96. The minimum Gasteiger partial charge on any atom is -0.508 e. The van der Waals surface area contributed by atoms with E-state index >= 15 is 0 Å². The van der Waals surface area contributed by atoms with Crippen molar-refractivity contribution in [3.8, 4) is 11.5 Å². The molecule has 37 heavy (non-hydrogen) atoms. The van der Waals surface area contributed by atoms with Gasteiger partial charge in [0.05, 0.1) is 23.9 Å². The fraction of sp³-hybridized carbons (Fsp3) is 0.185. The van der Waals surface area contributed by atoms with E-state index in [9.17, 15) is 24.6 Å². The summed E-state index contributed by atoms with van der Waals surface area (Å²) in [4.78, 5) is 44.8. The molecule has 0 aliphatic carbocycles. The number of aliphatic hydroxyl groups excluding tert-OH is 1. The molecule has 9 nitrogen and oxygen atoms in total. The van der Waals surface area contributed by atoms with Gasteiger partial charge < -0.3 is 19.7 Å². The Hall–Kier alpha value is -4.44. The first-order chi connectivity index (χ1) is 17.8. The quantitative estimate of drug-likeness (QED) is 0.146. The summed E-state index contributed by atoms with van der Waals surface area (Å²) in [7, 11) is 0. The van der Waals surface area contributed by atoms with Gasteiger partial charge in [0.15, 0.2) is 5.13 Å². The van der Waals surface area contributed by atoms with Gasteiger partial charge in [-0.25, -0.2) is 9.78 Å². The zero-order valence-electron chi connectivity index (χ0n) is 20.1. The molecule has 1 saturated heterocycles. The first-order valence-electron chi connectivity index (χ1n) is 11.3. The van der Waals surface area contributed by atoms with Crippen LogP contribution < -0.4 is 9.64 Å². The standard InChI is InChI=1S/C27H24N2O7S/c1-4-13-36-26(34)24-15(3)28-27(37-24)29-21(16-9-11-18(30)12-10-16)20(23(32)25(29)33)22(31)17-7-6-8-19(14-17)35-5-2/h4,6-12,14,21,30-31H,1,5,13H2,2-3H3/b22-20+. The van der Waals surface area contributed by atoms with Crippen LogP contribution in [0, 0.1) is 6.92 Å². The molecule has 4 rings (SSSR count). The molecule has 0 bridgehead atoms. The second kappa shape index (κ2) is 10.7. The summed E-state index contributed by atoms with van der Waals surface area (Å²) in [6, 6.07) is 11.4. The Balaban J connectivity index is 1.87. The highest BCUT2D eigenvalue weighted by molar-refractivity contribution is 7.17. The van der Waals surface area contributed by atoms with Gasteiger partial charge in [-0.3, -0.25) is 14.5 Å². The number of aryl methyl sites for hydroxylation is 1. The number of hydrogen-bond acceptors (Lipinski definition) is 9. The molecule has 2 heterocycles. The first kappa shape index (κ1) is 25.6. The third-order valence-corrected chi connectivity index (χ3v) is 6.72. The van der Waals surface area contributed by atoms with Gasteiger partial charge in [0.1, 0.15) is 28.7 Å². The van der Waals surface area contributed by atoms with Gasteiger partial charge in [-0.15, -0.1) is 0 Å². The second-order valence-corrected chi connectivity index (χ2v) is 9.00. The van der Waals surface area contributed by atoms with Crippen molar-refractivity contribution in [1.29, 1.82) is 0 Å². The van der Waals surface area contributed by atoms with Gasteiger partial charge >= 0.3 is 11.9 Å². The molecule has 1 fully saturated rings. The zero-order chi connectivity index (χ0) is 26.7. The molecule has 1 amide bonds. The molecule has 10 heteroatoms. The maximum absolute atomic E-state index is 13.3. The van der Waals surface area contributed by atoms with Gasteiger partial charge in [-0.05, 0) is 43.7 Å². The molecule has 1 atom stereocenters. The van der Waals surface area contributed by atoms with Gasteiger partial charge in [0.25, 0.3) is 5.78 Å². The second-order valence-electron chi connectivity index (χ2n) is 8.02. The van der Waals surface area contributed by atoms with Crippen molar-refractivity contribution >= 4 is 39.9 Å². The smallest absolute Gasteiger partial charge is 0.350 e. The van der Waals surface area contributed by atoms with Crippen molar-refractivity contribution in [1.82, 2.24) is 4.98 Å². The van der Waals surface area contributed by atoms with E-state index < -0.39 is 23.7 Å². The monoisotopic (exact) mass is 520 g/mol. The zero-order valence-corrected chi connectivity index (χ0v) is 20.9. The Morgan fingerprint density at radius 3 is 2.62 bits per heavy atom. The normalized spacial score (nSPS) is 16.6. The van der Waals surface area contributed by atoms with Crippen LogP contribution in [0.4, 0.5) is 5.13 Å². The van der Waals surface area contributed by atoms with E-state index in [4.69, 9.17) is 9.47 Å². The van der Waals surface area contributed by atoms with Gasteiger partial charge in [0, 0.05) is 5.56 Å². The Morgan fingerprint density at radius 2 is 1.95 bits per heavy atom. The maximum Gasteiger partial charge on any atom is 0.350 e. The Labute approximate surface area is 216 Å². The average molecular weight is 521 g/mol. The molecular formula is C27H24N2O7S. The number of aromatic nitrogens is 1. The summed E-state index contributed by atoms with van der Waals surface area (Å²) in [6.45, 7) is 7.34. The lowest BCUT2D eigenvalue weighted by Gasteiger charge is -2.23. The molecule has 0 radical (unpaired) electrons. The van der Waals surface area contributed by atoms with Crippen LogP contribution >= 0.6 is 11.3 Å². The molecule has 0 spiro atoms. The van der Waals surface area contributed by atoms with E-state index in [1.54, 1.807) is 43.3 Å². The molecule has 1 aliphatic heterocycles. The van der Waals surface area contributed by atoms with Crippen molar-refractivity contribution in [2.45, 2.75) is 19.9 Å². The minimum atomic E-state index is -1.07. The van der Waals surface area contributed by atoms with Crippen molar-refractivity contribution in [2.24, 2.45) is 0 Å². The molecular weight excluding hydrogens is 496 g/mol. The van der Waals surface area contributed by atoms with Crippen LogP contribution in [-0.2, 0) is 14.3 Å². The fourth-order valence-electron chi connectivity index (χ4n) is 3.93. The van der Waals surface area contributed by atoms with Crippen LogP contribution in [0.15, 0.2) is 66.8 Å². The number of ether oxygens (including phenoxy) is 2. The summed E-state index contributed by atoms with van der Waals surface area (Å²) in [5.74, 6) is -2.38. The number of esters is 1. The fourth-order valence-corrected chi connectivity index (χ4v) is 4.92. The molecule has 1 unspecified atom stereocenters. The highest BCUT2D eigenvalue weighted by Gasteiger charge is 2.48. The van der Waals surface area contributed by atoms with Crippen molar-refractivity contribution < 1.29 is 34.1 Å². The average Bonchev–Trinajstić information content (AvgIpc) is 3.39. The number of carbonyl (C=O) groups is 3. The molecule has 2 N–H and O–H groups in total.